The molecule has 60 valence electrons. The van der Waals surface area contributed by atoms with Gasteiger partial charge in [0.25, 0.3) is 0 Å². The van der Waals surface area contributed by atoms with E-state index in [0.717, 1.165) is 0 Å². The van der Waals surface area contributed by atoms with Gasteiger partial charge in [-0.15, -0.1) is 0 Å². The second-order valence-electron chi connectivity index (χ2n) is 2.78. The van der Waals surface area contributed by atoms with Crippen LogP contribution in [-0.4, -0.2) is 24.4 Å². The van der Waals surface area contributed by atoms with Crippen LogP contribution in [0.3, 0.4) is 0 Å². The molecule has 1 aliphatic rings. The van der Waals surface area contributed by atoms with Gasteiger partial charge in [0.05, 0.1) is 12.3 Å². The summed E-state index contributed by atoms with van der Waals surface area (Å²) in [5, 5.41) is 2.88. The molecule has 5 nitrogen and oxygen atoms in total. The van der Waals surface area contributed by atoms with Crippen molar-refractivity contribution in [1.29, 1.82) is 0 Å². The minimum Gasteiger partial charge on any atom is -0.325 e. The van der Waals surface area contributed by atoms with Crippen molar-refractivity contribution in [3.8, 4) is 0 Å². The molecule has 9 N–H and O–H groups in total. The highest BCUT2D eigenvalue weighted by molar-refractivity contribution is 4.90. The van der Waals surface area contributed by atoms with Gasteiger partial charge in [0.2, 0.25) is 0 Å². The average molecular weight is 145 g/mol. The van der Waals surface area contributed by atoms with Gasteiger partial charge in [-0.2, -0.15) is 0 Å². The summed E-state index contributed by atoms with van der Waals surface area (Å²) < 4.78 is 0. The lowest BCUT2D eigenvalue weighted by molar-refractivity contribution is 0.261. The second kappa shape index (κ2) is 2.81. The minimum absolute atomic E-state index is 0.0743. The molecule has 0 aromatic heterocycles. The fourth-order valence-corrected chi connectivity index (χ4v) is 1.08. The number of hydrogen-bond acceptors (Lipinski definition) is 5. The lowest BCUT2D eigenvalue weighted by Gasteiger charge is -2.35. The van der Waals surface area contributed by atoms with E-state index in [1.165, 1.54) is 0 Å². The average Bonchev–Trinajstić information content (AvgIpc) is 1.84. The highest BCUT2D eigenvalue weighted by Gasteiger charge is 2.27. The van der Waals surface area contributed by atoms with E-state index in [-0.39, 0.29) is 24.4 Å². The van der Waals surface area contributed by atoms with Crippen LogP contribution in [0.25, 0.3) is 0 Å². The van der Waals surface area contributed by atoms with Crippen LogP contribution in [0.1, 0.15) is 6.42 Å². The summed E-state index contributed by atoms with van der Waals surface area (Å²) in [6.45, 7) is 0. The minimum atomic E-state index is -0.213. The van der Waals surface area contributed by atoms with E-state index in [1.54, 1.807) is 0 Å². The zero-order valence-corrected chi connectivity index (χ0v) is 5.83. The van der Waals surface area contributed by atoms with Gasteiger partial charge in [-0.05, 0) is 6.42 Å². The first kappa shape index (κ1) is 7.90. The Morgan fingerprint density at radius 3 is 1.60 bits per heavy atom. The van der Waals surface area contributed by atoms with Crippen molar-refractivity contribution >= 4 is 0 Å². The normalized spacial score (nSPS) is 49.2. The SMILES string of the molecule is NC1CC(N)C(N)NC1N. The van der Waals surface area contributed by atoms with Crippen molar-refractivity contribution in [2.75, 3.05) is 0 Å². The Bertz CT molecular complexity index is 90.6. The molecule has 4 atom stereocenters. The van der Waals surface area contributed by atoms with E-state index in [2.05, 4.69) is 5.32 Å². The van der Waals surface area contributed by atoms with Gasteiger partial charge in [0.15, 0.2) is 0 Å². The fraction of sp³-hybridized carbons (Fsp3) is 1.00. The molecule has 0 amide bonds. The first-order valence-electron chi connectivity index (χ1n) is 3.39. The van der Waals surface area contributed by atoms with Crippen molar-refractivity contribution in [2.24, 2.45) is 22.9 Å². The third-order valence-electron chi connectivity index (χ3n) is 1.85. The van der Waals surface area contributed by atoms with E-state index in [0.29, 0.717) is 6.42 Å². The quantitative estimate of drug-likeness (QED) is 0.252. The Labute approximate surface area is 60.1 Å². The van der Waals surface area contributed by atoms with E-state index < -0.39 is 0 Å². The highest BCUT2D eigenvalue weighted by atomic mass is 15.2. The standard InChI is InChI=1S/C5H15N5/c6-2-1-3(7)5(9)10-4(2)8/h2-5,10H,1,6-9H2. The van der Waals surface area contributed by atoms with Crippen LogP contribution in [0, 0.1) is 0 Å². The Balaban J connectivity index is 2.46. The summed E-state index contributed by atoms with van der Waals surface area (Å²) in [6.07, 6.45) is 0.264. The molecule has 0 aromatic carbocycles. The number of piperidine rings is 1. The number of nitrogens with two attached hydrogens (primary N) is 4. The molecule has 0 spiro atoms. The maximum atomic E-state index is 5.61. The Morgan fingerprint density at radius 1 is 0.900 bits per heavy atom. The van der Waals surface area contributed by atoms with Gasteiger partial charge < -0.3 is 22.9 Å². The van der Waals surface area contributed by atoms with Crippen LogP contribution in [0.2, 0.25) is 0 Å². The Hall–Kier alpha value is -0.200. The van der Waals surface area contributed by atoms with Crippen molar-refractivity contribution in [2.45, 2.75) is 30.8 Å². The predicted molar refractivity (Wildman–Crippen MR) is 39.7 cm³/mol. The van der Waals surface area contributed by atoms with Crippen LogP contribution in [0.4, 0.5) is 0 Å². The molecule has 5 heteroatoms. The van der Waals surface area contributed by atoms with Gasteiger partial charge in [-0.1, -0.05) is 0 Å². The third-order valence-corrected chi connectivity index (χ3v) is 1.85. The lowest BCUT2D eigenvalue weighted by Crippen LogP contribution is -2.68. The molecule has 1 rings (SSSR count). The van der Waals surface area contributed by atoms with Gasteiger partial charge in [-0.25, -0.2) is 0 Å². The predicted octanol–water partition coefficient (Wildman–Crippen LogP) is -2.80. The molecule has 10 heavy (non-hydrogen) atoms. The zero-order chi connectivity index (χ0) is 7.72. The largest absolute Gasteiger partial charge is 0.325 e. The molecule has 1 fully saturated rings. The van der Waals surface area contributed by atoms with Gasteiger partial charge >= 0.3 is 0 Å². The summed E-state index contributed by atoms with van der Waals surface area (Å²) in [4.78, 5) is 0. The van der Waals surface area contributed by atoms with Crippen molar-refractivity contribution in [3.63, 3.8) is 0 Å². The van der Waals surface area contributed by atoms with E-state index in [1.807, 2.05) is 0 Å². The van der Waals surface area contributed by atoms with Crippen LogP contribution < -0.4 is 28.3 Å². The fourth-order valence-electron chi connectivity index (χ4n) is 1.08. The first-order valence-corrected chi connectivity index (χ1v) is 3.39. The summed E-state index contributed by atoms with van der Waals surface area (Å²) in [6, 6.07) is -0.149. The number of hydrogen-bond donors (Lipinski definition) is 5. The van der Waals surface area contributed by atoms with Crippen LogP contribution in [-0.2, 0) is 0 Å². The molecule has 4 unspecified atom stereocenters. The van der Waals surface area contributed by atoms with Crippen molar-refractivity contribution < 1.29 is 0 Å². The summed E-state index contributed by atoms with van der Waals surface area (Å²) in [7, 11) is 0. The summed E-state index contributed by atoms with van der Waals surface area (Å²) >= 11 is 0. The smallest absolute Gasteiger partial charge is 0.0715 e. The van der Waals surface area contributed by atoms with Gasteiger partial charge in [-0.3, -0.25) is 5.32 Å². The summed E-state index contributed by atoms with van der Waals surface area (Å²) in [5.41, 5.74) is 22.3. The van der Waals surface area contributed by atoms with Crippen LogP contribution >= 0.6 is 0 Å². The topological polar surface area (TPSA) is 116 Å². The molecule has 1 saturated heterocycles. The molecule has 0 radical (unpaired) electrons. The number of nitrogens with one attached hydrogen (secondary N) is 1. The monoisotopic (exact) mass is 145 g/mol. The highest BCUT2D eigenvalue weighted by Crippen LogP contribution is 2.04. The molecular weight excluding hydrogens is 130 g/mol. The van der Waals surface area contributed by atoms with E-state index in [4.69, 9.17) is 22.9 Å². The first-order chi connectivity index (χ1) is 4.61. The van der Waals surface area contributed by atoms with E-state index in [9.17, 15) is 0 Å². The summed E-state index contributed by atoms with van der Waals surface area (Å²) in [5.74, 6) is 0. The van der Waals surface area contributed by atoms with Crippen molar-refractivity contribution in [1.82, 2.24) is 5.32 Å². The Kier molecular flexibility index (Phi) is 2.22. The third kappa shape index (κ3) is 1.44. The van der Waals surface area contributed by atoms with Crippen LogP contribution in [0.5, 0.6) is 0 Å². The van der Waals surface area contributed by atoms with Gasteiger partial charge in [0.1, 0.15) is 0 Å². The maximum Gasteiger partial charge on any atom is 0.0715 e. The molecule has 0 aromatic rings. The van der Waals surface area contributed by atoms with Gasteiger partial charge in [0, 0.05) is 12.1 Å². The maximum absolute atomic E-state index is 5.61. The molecular formula is C5H15N5. The van der Waals surface area contributed by atoms with Crippen molar-refractivity contribution in [3.05, 3.63) is 0 Å². The zero-order valence-electron chi connectivity index (χ0n) is 5.83. The molecule has 1 aliphatic heterocycles. The van der Waals surface area contributed by atoms with E-state index >= 15 is 0 Å². The second-order valence-corrected chi connectivity index (χ2v) is 2.78. The Morgan fingerprint density at radius 2 is 1.30 bits per heavy atom. The van der Waals surface area contributed by atoms with Crippen LogP contribution in [0.15, 0.2) is 0 Å². The lowest BCUT2D eigenvalue weighted by atomic mass is 9.99. The molecule has 0 saturated carbocycles. The molecule has 1 heterocycles. The molecule has 0 bridgehead atoms. The molecule has 0 aliphatic carbocycles. The number of rotatable bonds is 0.